The predicted molar refractivity (Wildman–Crippen MR) is 111 cm³/mol. The van der Waals surface area contributed by atoms with E-state index >= 15 is 0 Å². The van der Waals surface area contributed by atoms with Gasteiger partial charge < -0.3 is 14.2 Å². The van der Waals surface area contributed by atoms with Crippen molar-refractivity contribution in [2.24, 2.45) is 0 Å². The summed E-state index contributed by atoms with van der Waals surface area (Å²) in [7, 11) is 1.66. The van der Waals surface area contributed by atoms with Gasteiger partial charge in [-0.3, -0.25) is 0 Å². The summed E-state index contributed by atoms with van der Waals surface area (Å²) in [6.07, 6.45) is 6.58. The molecule has 0 amide bonds. The Hall–Kier alpha value is -2.75. The third kappa shape index (κ3) is 5.38. The molecule has 0 spiro atoms. The SMILES string of the molecule is CCCOC(=O)/C=C1\CCCCc2cc(OCc3ccc(OC)cc3)ccc21. The minimum Gasteiger partial charge on any atom is -0.497 e. The molecule has 0 unspecified atom stereocenters. The maximum Gasteiger partial charge on any atom is 0.331 e. The smallest absolute Gasteiger partial charge is 0.331 e. The quantitative estimate of drug-likeness (QED) is 0.370. The molecule has 4 nitrogen and oxygen atoms in total. The van der Waals surface area contributed by atoms with E-state index in [0.717, 1.165) is 60.3 Å². The standard InChI is InChI=1S/C24H28O4/c1-3-14-27-24(25)16-20-7-5-4-6-19-15-22(12-13-23(19)20)28-17-18-8-10-21(26-2)11-9-18/h8-13,15-16H,3-7,14,17H2,1-2H3/b20-16+. The average Bonchev–Trinajstić information content (AvgIpc) is 2.93. The number of carbonyl (C=O) groups is 1. The lowest BCUT2D eigenvalue weighted by Gasteiger charge is -2.13. The molecule has 0 saturated heterocycles. The van der Waals surface area contributed by atoms with Crippen LogP contribution in [0.3, 0.4) is 0 Å². The molecule has 0 aliphatic heterocycles. The van der Waals surface area contributed by atoms with Gasteiger partial charge in [0, 0.05) is 6.08 Å². The second kappa shape index (κ2) is 9.98. The first-order chi connectivity index (χ1) is 13.7. The Morgan fingerprint density at radius 2 is 1.79 bits per heavy atom. The first-order valence-corrected chi connectivity index (χ1v) is 9.96. The van der Waals surface area contributed by atoms with Crippen LogP contribution in [0.1, 0.15) is 49.3 Å². The van der Waals surface area contributed by atoms with E-state index in [9.17, 15) is 4.79 Å². The predicted octanol–water partition coefficient (Wildman–Crippen LogP) is 5.34. The summed E-state index contributed by atoms with van der Waals surface area (Å²) in [5.41, 5.74) is 4.53. The van der Waals surface area contributed by atoms with Crippen molar-refractivity contribution in [2.45, 2.75) is 45.6 Å². The summed E-state index contributed by atoms with van der Waals surface area (Å²) in [6, 6.07) is 14.0. The highest BCUT2D eigenvalue weighted by atomic mass is 16.5. The van der Waals surface area contributed by atoms with Crippen LogP contribution in [0.4, 0.5) is 0 Å². The molecular formula is C24H28O4. The lowest BCUT2D eigenvalue weighted by atomic mass is 9.98. The number of methoxy groups -OCH3 is 1. The van der Waals surface area contributed by atoms with E-state index in [1.54, 1.807) is 13.2 Å². The lowest BCUT2D eigenvalue weighted by Crippen LogP contribution is -2.03. The minimum atomic E-state index is -0.246. The van der Waals surface area contributed by atoms with Crippen LogP contribution in [0.5, 0.6) is 11.5 Å². The van der Waals surface area contributed by atoms with Gasteiger partial charge in [0.2, 0.25) is 0 Å². The average molecular weight is 380 g/mol. The van der Waals surface area contributed by atoms with Crippen molar-refractivity contribution in [1.82, 2.24) is 0 Å². The molecule has 0 bridgehead atoms. The largest absolute Gasteiger partial charge is 0.497 e. The molecule has 0 atom stereocenters. The Morgan fingerprint density at radius 1 is 1.04 bits per heavy atom. The zero-order chi connectivity index (χ0) is 19.8. The number of aryl methyl sites for hydroxylation is 1. The molecule has 2 aromatic rings. The van der Waals surface area contributed by atoms with E-state index in [1.165, 1.54) is 5.56 Å². The van der Waals surface area contributed by atoms with Crippen LogP contribution in [0.15, 0.2) is 48.5 Å². The van der Waals surface area contributed by atoms with Gasteiger partial charge in [0.25, 0.3) is 0 Å². The number of benzene rings is 2. The molecule has 0 heterocycles. The number of ether oxygens (including phenoxy) is 3. The minimum absolute atomic E-state index is 0.246. The van der Waals surface area contributed by atoms with E-state index in [2.05, 4.69) is 12.1 Å². The molecule has 1 aliphatic carbocycles. The fraction of sp³-hybridized carbons (Fsp3) is 0.375. The topological polar surface area (TPSA) is 44.8 Å². The summed E-state index contributed by atoms with van der Waals surface area (Å²) in [6.45, 7) is 2.97. The lowest BCUT2D eigenvalue weighted by molar-refractivity contribution is -0.137. The van der Waals surface area contributed by atoms with Crippen LogP contribution >= 0.6 is 0 Å². The Bertz CT molecular complexity index is 821. The molecule has 0 aromatic heterocycles. The molecule has 0 saturated carbocycles. The van der Waals surface area contributed by atoms with Gasteiger partial charge in [-0.2, -0.15) is 0 Å². The molecule has 2 aromatic carbocycles. The van der Waals surface area contributed by atoms with Crippen LogP contribution in [0.2, 0.25) is 0 Å². The summed E-state index contributed by atoms with van der Waals surface area (Å²) >= 11 is 0. The Labute approximate surface area is 167 Å². The monoisotopic (exact) mass is 380 g/mol. The zero-order valence-corrected chi connectivity index (χ0v) is 16.7. The van der Waals surface area contributed by atoms with Crippen molar-refractivity contribution in [2.75, 3.05) is 13.7 Å². The molecule has 0 fully saturated rings. The Morgan fingerprint density at radius 3 is 2.54 bits per heavy atom. The number of hydrogen-bond acceptors (Lipinski definition) is 4. The van der Waals surface area contributed by atoms with E-state index in [1.807, 2.05) is 37.3 Å². The van der Waals surface area contributed by atoms with Gasteiger partial charge in [0.15, 0.2) is 0 Å². The highest BCUT2D eigenvalue weighted by molar-refractivity contribution is 5.92. The van der Waals surface area contributed by atoms with Crippen molar-refractivity contribution in [3.63, 3.8) is 0 Å². The van der Waals surface area contributed by atoms with Gasteiger partial charge in [0.1, 0.15) is 18.1 Å². The number of rotatable bonds is 7. The molecule has 0 radical (unpaired) electrons. The van der Waals surface area contributed by atoms with E-state index in [4.69, 9.17) is 14.2 Å². The van der Waals surface area contributed by atoms with Crippen LogP contribution in [-0.2, 0) is 22.6 Å². The molecule has 0 N–H and O–H groups in total. The van der Waals surface area contributed by atoms with E-state index in [-0.39, 0.29) is 5.97 Å². The van der Waals surface area contributed by atoms with Crippen molar-refractivity contribution in [3.8, 4) is 11.5 Å². The molecule has 3 rings (SSSR count). The first kappa shape index (κ1) is 20.0. The number of carbonyl (C=O) groups excluding carboxylic acids is 1. The van der Waals surface area contributed by atoms with Crippen LogP contribution < -0.4 is 9.47 Å². The summed E-state index contributed by atoms with van der Waals surface area (Å²) in [5, 5.41) is 0. The number of fused-ring (bicyclic) bond motifs is 1. The van der Waals surface area contributed by atoms with Crippen molar-refractivity contribution < 1.29 is 19.0 Å². The normalized spacial score (nSPS) is 14.9. The summed E-state index contributed by atoms with van der Waals surface area (Å²) < 4.78 is 16.4. The molecule has 28 heavy (non-hydrogen) atoms. The van der Waals surface area contributed by atoms with Crippen molar-refractivity contribution in [1.29, 1.82) is 0 Å². The van der Waals surface area contributed by atoms with E-state index < -0.39 is 0 Å². The van der Waals surface area contributed by atoms with Gasteiger partial charge in [-0.15, -0.1) is 0 Å². The fourth-order valence-corrected chi connectivity index (χ4v) is 3.37. The number of hydrogen-bond donors (Lipinski definition) is 0. The molecule has 4 heteroatoms. The van der Waals surface area contributed by atoms with Crippen LogP contribution in [0, 0.1) is 0 Å². The fourth-order valence-electron chi connectivity index (χ4n) is 3.37. The highest BCUT2D eigenvalue weighted by Crippen LogP contribution is 2.32. The number of esters is 1. The molecule has 148 valence electrons. The van der Waals surface area contributed by atoms with Gasteiger partial charge >= 0.3 is 5.97 Å². The van der Waals surface area contributed by atoms with Crippen molar-refractivity contribution >= 4 is 11.5 Å². The summed E-state index contributed by atoms with van der Waals surface area (Å²) in [4.78, 5) is 12.0. The van der Waals surface area contributed by atoms with Crippen LogP contribution in [-0.4, -0.2) is 19.7 Å². The zero-order valence-electron chi connectivity index (χ0n) is 16.7. The molecular weight excluding hydrogens is 352 g/mol. The van der Waals surface area contributed by atoms with Gasteiger partial charge in [-0.05, 0) is 78.6 Å². The summed E-state index contributed by atoms with van der Waals surface area (Å²) in [5.74, 6) is 1.44. The third-order valence-corrected chi connectivity index (χ3v) is 4.87. The number of allylic oxidation sites excluding steroid dienone is 1. The molecule has 1 aliphatic rings. The van der Waals surface area contributed by atoms with Gasteiger partial charge in [0.05, 0.1) is 13.7 Å². The van der Waals surface area contributed by atoms with E-state index in [0.29, 0.717) is 13.2 Å². The van der Waals surface area contributed by atoms with Crippen LogP contribution in [0.25, 0.3) is 5.57 Å². The second-order valence-corrected chi connectivity index (χ2v) is 7.00. The van der Waals surface area contributed by atoms with Crippen molar-refractivity contribution in [3.05, 3.63) is 65.2 Å². The first-order valence-electron chi connectivity index (χ1n) is 9.96. The maximum atomic E-state index is 12.0. The second-order valence-electron chi connectivity index (χ2n) is 7.00. The Kier molecular flexibility index (Phi) is 7.12. The Balaban J connectivity index is 1.72. The van der Waals surface area contributed by atoms with Gasteiger partial charge in [-0.25, -0.2) is 4.79 Å². The highest BCUT2D eigenvalue weighted by Gasteiger charge is 2.15. The third-order valence-electron chi connectivity index (χ3n) is 4.87. The maximum absolute atomic E-state index is 12.0. The van der Waals surface area contributed by atoms with Gasteiger partial charge in [-0.1, -0.05) is 25.1 Å².